The molecular formula is C12H24N2O. The molecule has 0 aliphatic carbocycles. The van der Waals surface area contributed by atoms with Gasteiger partial charge in [-0.25, -0.2) is 0 Å². The zero-order chi connectivity index (χ0) is 11.4. The lowest BCUT2D eigenvalue weighted by Crippen LogP contribution is -2.33. The topological polar surface area (TPSA) is 46.3 Å². The van der Waals surface area contributed by atoms with Crippen LogP contribution in [0.1, 0.15) is 40.0 Å². The van der Waals surface area contributed by atoms with Gasteiger partial charge in [-0.2, -0.15) is 0 Å². The van der Waals surface area contributed by atoms with E-state index in [0.29, 0.717) is 12.3 Å². The van der Waals surface area contributed by atoms with Crippen LogP contribution in [0.25, 0.3) is 0 Å². The van der Waals surface area contributed by atoms with Gasteiger partial charge in [-0.1, -0.05) is 13.8 Å². The molecule has 88 valence electrons. The van der Waals surface area contributed by atoms with E-state index >= 15 is 0 Å². The third-order valence-electron chi connectivity index (χ3n) is 2.94. The second-order valence-electron chi connectivity index (χ2n) is 5.31. The minimum absolute atomic E-state index is 0.0124. The van der Waals surface area contributed by atoms with Gasteiger partial charge in [0, 0.05) is 25.6 Å². The molecule has 0 bridgehead atoms. The van der Waals surface area contributed by atoms with Crippen LogP contribution in [0.4, 0.5) is 0 Å². The van der Waals surface area contributed by atoms with E-state index in [1.54, 1.807) is 0 Å². The minimum atomic E-state index is -0.0124. The van der Waals surface area contributed by atoms with Crippen LogP contribution < -0.4 is 5.73 Å². The lowest BCUT2D eigenvalue weighted by molar-refractivity contribution is -0.130. The van der Waals surface area contributed by atoms with Gasteiger partial charge in [0.15, 0.2) is 0 Å². The molecular weight excluding hydrogens is 188 g/mol. The molecule has 1 fully saturated rings. The Kier molecular flexibility index (Phi) is 4.58. The number of carbonyl (C=O) groups is 1. The van der Waals surface area contributed by atoms with Crippen molar-refractivity contribution in [1.82, 2.24) is 4.90 Å². The smallest absolute Gasteiger partial charge is 0.224 e. The second kappa shape index (κ2) is 5.50. The van der Waals surface area contributed by atoms with Crippen molar-refractivity contribution in [3.05, 3.63) is 0 Å². The van der Waals surface area contributed by atoms with Crippen LogP contribution in [-0.4, -0.2) is 29.9 Å². The highest BCUT2D eigenvalue weighted by atomic mass is 16.2. The molecule has 1 rings (SSSR count). The van der Waals surface area contributed by atoms with Gasteiger partial charge >= 0.3 is 0 Å². The van der Waals surface area contributed by atoms with Gasteiger partial charge in [0.25, 0.3) is 0 Å². The number of nitrogens with zero attached hydrogens (tertiary/aromatic N) is 1. The zero-order valence-electron chi connectivity index (χ0n) is 10.2. The fourth-order valence-corrected chi connectivity index (χ4v) is 2.32. The van der Waals surface area contributed by atoms with E-state index in [0.717, 1.165) is 19.0 Å². The highest BCUT2D eigenvalue weighted by molar-refractivity contribution is 5.77. The molecule has 0 spiro atoms. The van der Waals surface area contributed by atoms with Crippen LogP contribution in [0.3, 0.4) is 0 Å². The molecule has 0 radical (unpaired) electrons. The Labute approximate surface area is 93.0 Å². The highest BCUT2D eigenvalue weighted by Gasteiger charge is 2.26. The lowest BCUT2D eigenvalue weighted by atomic mass is 9.97. The monoisotopic (exact) mass is 212 g/mol. The molecule has 2 N–H and O–H groups in total. The van der Waals surface area contributed by atoms with Gasteiger partial charge in [0.05, 0.1) is 0 Å². The average molecular weight is 212 g/mol. The number of rotatable bonds is 4. The Hall–Kier alpha value is -0.570. The average Bonchev–Trinajstić information content (AvgIpc) is 2.50. The van der Waals surface area contributed by atoms with Gasteiger partial charge in [-0.05, 0) is 31.6 Å². The van der Waals surface area contributed by atoms with Crippen molar-refractivity contribution in [2.75, 3.05) is 13.1 Å². The molecule has 15 heavy (non-hydrogen) atoms. The maximum absolute atomic E-state index is 11.7. The first-order valence-electron chi connectivity index (χ1n) is 6.02. The molecule has 2 unspecified atom stereocenters. The van der Waals surface area contributed by atoms with Crippen LogP contribution in [-0.2, 0) is 4.79 Å². The summed E-state index contributed by atoms with van der Waals surface area (Å²) >= 11 is 0. The van der Waals surface area contributed by atoms with Crippen LogP contribution in [0.15, 0.2) is 0 Å². The maximum atomic E-state index is 11.7. The number of hydrogen-bond acceptors (Lipinski definition) is 2. The van der Waals surface area contributed by atoms with Crippen LogP contribution in [0.5, 0.6) is 0 Å². The molecule has 1 amide bonds. The Morgan fingerprint density at radius 1 is 1.47 bits per heavy atom. The van der Waals surface area contributed by atoms with Crippen molar-refractivity contribution < 1.29 is 4.79 Å². The molecule has 1 aliphatic heterocycles. The molecule has 0 aromatic rings. The van der Waals surface area contributed by atoms with Crippen molar-refractivity contribution in [3.8, 4) is 0 Å². The third-order valence-corrected chi connectivity index (χ3v) is 2.94. The third kappa shape index (κ3) is 4.20. The number of hydrogen-bond donors (Lipinski definition) is 1. The summed E-state index contributed by atoms with van der Waals surface area (Å²) in [5, 5.41) is 0. The van der Waals surface area contributed by atoms with Gasteiger partial charge < -0.3 is 10.6 Å². The Bertz CT molecular complexity index is 214. The predicted octanol–water partition coefficient (Wildman–Crippen LogP) is 1.62. The predicted molar refractivity (Wildman–Crippen MR) is 62.4 cm³/mol. The van der Waals surface area contributed by atoms with E-state index in [4.69, 9.17) is 5.73 Å². The van der Waals surface area contributed by atoms with E-state index in [2.05, 4.69) is 13.8 Å². The van der Waals surface area contributed by atoms with E-state index < -0.39 is 0 Å². The number of likely N-dealkylation sites (tertiary alicyclic amines) is 1. The Balaban J connectivity index is 2.32. The van der Waals surface area contributed by atoms with Gasteiger partial charge in [0.1, 0.15) is 0 Å². The summed E-state index contributed by atoms with van der Waals surface area (Å²) < 4.78 is 0. The van der Waals surface area contributed by atoms with Crippen LogP contribution in [0, 0.1) is 11.8 Å². The van der Waals surface area contributed by atoms with Crippen molar-refractivity contribution in [2.24, 2.45) is 17.6 Å². The molecule has 0 aromatic carbocycles. The summed E-state index contributed by atoms with van der Waals surface area (Å²) in [6.45, 7) is 8.26. The van der Waals surface area contributed by atoms with E-state index in [1.807, 2.05) is 11.8 Å². The lowest BCUT2D eigenvalue weighted by Gasteiger charge is -2.18. The second-order valence-corrected chi connectivity index (χ2v) is 5.31. The summed E-state index contributed by atoms with van der Waals surface area (Å²) in [5.74, 6) is 1.68. The summed E-state index contributed by atoms with van der Waals surface area (Å²) in [4.78, 5) is 13.7. The van der Waals surface area contributed by atoms with E-state index in [-0.39, 0.29) is 11.9 Å². The Morgan fingerprint density at radius 3 is 2.67 bits per heavy atom. The minimum Gasteiger partial charge on any atom is -0.342 e. The van der Waals surface area contributed by atoms with E-state index in [9.17, 15) is 4.79 Å². The van der Waals surface area contributed by atoms with Crippen LogP contribution >= 0.6 is 0 Å². The summed E-state index contributed by atoms with van der Waals surface area (Å²) in [7, 11) is 0. The highest BCUT2D eigenvalue weighted by Crippen LogP contribution is 2.23. The molecule has 3 nitrogen and oxygen atoms in total. The van der Waals surface area contributed by atoms with Crippen molar-refractivity contribution >= 4 is 5.91 Å². The fraction of sp³-hybridized carbons (Fsp3) is 0.917. The first-order chi connectivity index (χ1) is 6.99. The van der Waals surface area contributed by atoms with Crippen molar-refractivity contribution in [2.45, 2.75) is 46.1 Å². The summed E-state index contributed by atoms with van der Waals surface area (Å²) in [5.41, 5.74) is 5.63. The van der Waals surface area contributed by atoms with E-state index in [1.165, 1.54) is 12.8 Å². The first-order valence-corrected chi connectivity index (χ1v) is 6.02. The molecule has 1 saturated heterocycles. The molecule has 0 aromatic heterocycles. The standard InChI is InChI=1S/C12H24N2O/c1-9(2)6-11-4-5-14(8-11)12(15)7-10(3)13/h9-11H,4-8,13H2,1-3H3. The molecule has 0 saturated carbocycles. The van der Waals surface area contributed by atoms with Gasteiger partial charge in [-0.3, -0.25) is 4.79 Å². The summed E-state index contributed by atoms with van der Waals surface area (Å²) in [6.07, 6.45) is 2.90. The normalized spacial score (nSPS) is 23.5. The molecule has 1 heterocycles. The molecule has 2 atom stereocenters. The fourth-order valence-electron chi connectivity index (χ4n) is 2.32. The van der Waals surface area contributed by atoms with Gasteiger partial charge in [0.2, 0.25) is 5.91 Å². The molecule has 1 aliphatic rings. The SMILES string of the molecule is CC(C)CC1CCN(C(=O)CC(C)N)C1. The first kappa shape index (κ1) is 12.5. The number of amides is 1. The summed E-state index contributed by atoms with van der Waals surface area (Å²) in [6, 6.07) is -0.0124. The van der Waals surface area contributed by atoms with Crippen LogP contribution in [0.2, 0.25) is 0 Å². The van der Waals surface area contributed by atoms with Crippen molar-refractivity contribution in [1.29, 1.82) is 0 Å². The maximum Gasteiger partial charge on any atom is 0.224 e. The Morgan fingerprint density at radius 2 is 2.13 bits per heavy atom. The largest absolute Gasteiger partial charge is 0.342 e. The quantitative estimate of drug-likeness (QED) is 0.769. The van der Waals surface area contributed by atoms with Gasteiger partial charge in [-0.15, -0.1) is 0 Å². The van der Waals surface area contributed by atoms with Crippen molar-refractivity contribution in [3.63, 3.8) is 0 Å². The zero-order valence-corrected chi connectivity index (χ0v) is 10.2. The number of carbonyl (C=O) groups excluding carboxylic acids is 1. The molecule has 3 heteroatoms. The number of nitrogens with two attached hydrogens (primary N) is 1.